The second-order valence-corrected chi connectivity index (χ2v) is 7.04. The van der Waals surface area contributed by atoms with E-state index in [-0.39, 0.29) is 0 Å². The summed E-state index contributed by atoms with van der Waals surface area (Å²) in [5, 5.41) is 3.64. The molecule has 0 amide bonds. The highest BCUT2D eigenvalue weighted by Crippen LogP contribution is 2.41. The molecule has 0 aromatic carbocycles. The van der Waals surface area contributed by atoms with E-state index in [1.165, 1.54) is 51.5 Å². The second-order valence-electron chi connectivity index (χ2n) is 7.04. The van der Waals surface area contributed by atoms with Gasteiger partial charge in [-0.15, -0.1) is 0 Å². The Morgan fingerprint density at radius 2 is 1.94 bits per heavy atom. The van der Waals surface area contributed by atoms with E-state index in [1.54, 1.807) is 0 Å². The van der Waals surface area contributed by atoms with E-state index in [4.69, 9.17) is 0 Å². The van der Waals surface area contributed by atoms with E-state index in [0.717, 1.165) is 12.1 Å². The zero-order valence-electron chi connectivity index (χ0n) is 12.8. The third kappa shape index (κ3) is 3.08. The number of nitrogens with zero attached hydrogens (tertiary/aromatic N) is 1. The summed E-state index contributed by atoms with van der Waals surface area (Å²) in [6.07, 6.45) is 9.75. The Hall–Kier alpha value is -0.0800. The van der Waals surface area contributed by atoms with Crippen LogP contribution in [0.4, 0.5) is 0 Å². The quantitative estimate of drug-likeness (QED) is 0.779. The van der Waals surface area contributed by atoms with Crippen molar-refractivity contribution in [3.05, 3.63) is 0 Å². The third-order valence-electron chi connectivity index (χ3n) is 5.07. The monoisotopic (exact) mass is 252 g/mol. The lowest BCUT2D eigenvalue weighted by molar-refractivity contribution is 0.0462. The molecule has 0 spiro atoms. The van der Waals surface area contributed by atoms with Gasteiger partial charge in [0.15, 0.2) is 0 Å². The largest absolute Gasteiger partial charge is 0.315 e. The lowest BCUT2D eigenvalue weighted by Crippen LogP contribution is -2.58. The molecule has 2 aliphatic rings. The number of nitrogens with one attached hydrogen (secondary N) is 1. The second kappa shape index (κ2) is 5.92. The Balaban J connectivity index is 2.06. The summed E-state index contributed by atoms with van der Waals surface area (Å²) in [5.41, 5.74) is 0.455. The highest BCUT2D eigenvalue weighted by molar-refractivity contribution is 5.01. The van der Waals surface area contributed by atoms with E-state index in [9.17, 15) is 0 Å². The van der Waals surface area contributed by atoms with Gasteiger partial charge in [-0.1, -0.05) is 33.6 Å². The van der Waals surface area contributed by atoms with Crippen molar-refractivity contribution < 1.29 is 0 Å². The first-order valence-corrected chi connectivity index (χ1v) is 8.03. The maximum absolute atomic E-state index is 3.64. The first kappa shape index (κ1) is 14.3. The Morgan fingerprint density at radius 3 is 2.50 bits per heavy atom. The van der Waals surface area contributed by atoms with Crippen LogP contribution in [0, 0.1) is 5.41 Å². The van der Waals surface area contributed by atoms with Crippen molar-refractivity contribution in [3.8, 4) is 0 Å². The average molecular weight is 252 g/mol. The van der Waals surface area contributed by atoms with Gasteiger partial charge in [-0.3, -0.25) is 4.90 Å². The van der Waals surface area contributed by atoms with Gasteiger partial charge in [0.1, 0.15) is 0 Å². The normalized spacial score (nSPS) is 31.8. The molecular formula is C16H32N2. The van der Waals surface area contributed by atoms with Crippen molar-refractivity contribution in [1.82, 2.24) is 10.2 Å². The molecule has 0 heterocycles. The molecule has 0 aromatic heterocycles. The number of hydrogen-bond acceptors (Lipinski definition) is 2. The van der Waals surface area contributed by atoms with Crippen molar-refractivity contribution in [3.63, 3.8) is 0 Å². The van der Waals surface area contributed by atoms with Gasteiger partial charge in [0.05, 0.1) is 0 Å². The van der Waals surface area contributed by atoms with Gasteiger partial charge in [-0.25, -0.2) is 0 Å². The molecule has 0 aliphatic heterocycles. The van der Waals surface area contributed by atoms with Crippen molar-refractivity contribution >= 4 is 0 Å². The zero-order valence-corrected chi connectivity index (χ0v) is 12.8. The van der Waals surface area contributed by atoms with E-state index in [2.05, 4.69) is 38.0 Å². The van der Waals surface area contributed by atoms with Crippen LogP contribution in [0.2, 0.25) is 0 Å². The minimum absolute atomic E-state index is 0.455. The van der Waals surface area contributed by atoms with Gasteiger partial charge < -0.3 is 5.32 Å². The van der Waals surface area contributed by atoms with Crippen LogP contribution in [0.25, 0.3) is 0 Å². The average Bonchev–Trinajstić information content (AvgIpc) is 3.13. The number of hydrogen-bond donors (Lipinski definition) is 1. The van der Waals surface area contributed by atoms with E-state index in [1.807, 2.05) is 0 Å². The zero-order chi connectivity index (χ0) is 13.2. The minimum Gasteiger partial charge on any atom is -0.315 e. The fourth-order valence-corrected chi connectivity index (χ4v) is 3.92. The molecule has 18 heavy (non-hydrogen) atoms. The number of likely N-dealkylation sites (N-methyl/N-ethyl adjacent to an activating group) is 1. The molecule has 106 valence electrons. The number of rotatable bonds is 6. The molecule has 2 rings (SSSR count). The lowest BCUT2D eigenvalue weighted by Gasteiger charge is -2.48. The molecule has 2 atom stereocenters. The number of unbranched alkanes of at least 4 members (excludes halogenated alkanes) is 1. The molecule has 2 nitrogen and oxygen atoms in total. The van der Waals surface area contributed by atoms with Crippen LogP contribution >= 0.6 is 0 Å². The maximum Gasteiger partial charge on any atom is 0.0271 e. The summed E-state index contributed by atoms with van der Waals surface area (Å²) in [6, 6.07) is 2.35. The molecule has 2 aliphatic carbocycles. The summed E-state index contributed by atoms with van der Waals surface area (Å²) in [4.78, 5) is 2.85. The van der Waals surface area contributed by atoms with Gasteiger partial charge in [0, 0.05) is 18.1 Å². The Labute approximate surface area is 114 Å². The fourth-order valence-electron chi connectivity index (χ4n) is 3.92. The van der Waals surface area contributed by atoms with E-state index >= 15 is 0 Å². The van der Waals surface area contributed by atoms with Gasteiger partial charge in [0.25, 0.3) is 0 Å². The molecule has 2 heteroatoms. The SMILES string of the molecule is CCCCN(C1CC1)C1CCCC(C)(C)C1NC. The predicted octanol–water partition coefficient (Wildman–Crippen LogP) is 3.42. The van der Waals surface area contributed by atoms with Gasteiger partial charge in [-0.2, -0.15) is 0 Å². The van der Waals surface area contributed by atoms with E-state index in [0.29, 0.717) is 11.5 Å². The molecule has 1 N–H and O–H groups in total. The van der Waals surface area contributed by atoms with Crippen LogP contribution in [-0.4, -0.2) is 36.6 Å². The van der Waals surface area contributed by atoms with Crippen molar-refractivity contribution in [2.75, 3.05) is 13.6 Å². The van der Waals surface area contributed by atoms with Crippen LogP contribution in [0.5, 0.6) is 0 Å². The highest BCUT2D eigenvalue weighted by Gasteiger charge is 2.44. The van der Waals surface area contributed by atoms with Crippen molar-refractivity contribution in [1.29, 1.82) is 0 Å². The van der Waals surface area contributed by atoms with Gasteiger partial charge in [0.2, 0.25) is 0 Å². The maximum atomic E-state index is 3.64. The van der Waals surface area contributed by atoms with Gasteiger partial charge >= 0.3 is 0 Å². The summed E-state index contributed by atoms with van der Waals surface area (Å²) in [6.45, 7) is 8.53. The van der Waals surface area contributed by atoms with Crippen molar-refractivity contribution in [2.24, 2.45) is 5.41 Å². The molecular weight excluding hydrogens is 220 g/mol. The van der Waals surface area contributed by atoms with Gasteiger partial charge in [-0.05, 0) is 51.1 Å². The molecule has 2 fully saturated rings. The van der Waals surface area contributed by atoms with Crippen LogP contribution in [0.3, 0.4) is 0 Å². The third-order valence-corrected chi connectivity index (χ3v) is 5.07. The Kier molecular flexibility index (Phi) is 4.71. The van der Waals surface area contributed by atoms with Crippen LogP contribution in [0.15, 0.2) is 0 Å². The highest BCUT2D eigenvalue weighted by atomic mass is 15.2. The Morgan fingerprint density at radius 1 is 1.22 bits per heavy atom. The van der Waals surface area contributed by atoms with Crippen LogP contribution < -0.4 is 5.32 Å². The minimum atomic E-state index is 0.455. The van der Waals surface area contributed by atoms with Crippen molar-refractivity contribution in [2.45, 2.75) is 83.8 Å². The summed E-state index contributed by atoms with van der Waals surface area (Å²) in [5.74, 6) is 0. The standard InChI is InChI=1S/C16H32N2/c1-5-6-12-18(13-9-10-13)14-8-7-11-16(2,3)15(14)17-4/h13-15,17H,5-12H2,1-4H3. The van der Waals surface area contributed by atoms with Crippen LogP contribution in [0.1, 0.15) is 65.7 Å². The molecule has 0 radical (unpaired) electrons. The molecule has 0 bridgehead atoms. The van der Waals surface area contributed by atoms with Crippen LogP contribution in [-0.2, 0) is 0 Å². The first-order valence-electron chi connectivity index (χ1n) is 8.03. The van der Waals surface area contributed by atoms with E-state index < -0.39 is 0 Å². The summed E-state index contributed by atoms with van der Waals surface area (Å²) >= 11 is 0. The Bertz CT molecular complexity index is 258. The molecule has 2 saturated carbocycles. The molecule has 0 saturated heterocycles. The fraction of sp³-hybridized carbons (Fsp3) is 1.00. The topological polar surface area (TPSA) is 15.3 Å². The first-order chi connectivity index (χ1) is 8.60. The molecule has 2 unspecified atom stereocenters. The molecule has 0 aromatic rings. The smallest absolute Gasteiger partial charge is 0.0271 e. The summed E-state index contributed by atoms with van der Waals surface area (Å²) in [7, 11) is 2.16. The summed E-state index contributed by atoms with van der Waals surface area (Å²) < 4.78 is 0. The lowest BCUT2D eigenvalue weighted by atomic mass is 9.70. The predicted molar refractivity (Wildman–Crippen MR) is 78.9 cm³/mol.